The van der Waals surface area contributed by atoms with Crippen LogP contribution in [0.1, 0.15) is 11.3 Å². The van der Waals surface area contributed by atoms with Crippen molar-refractivity contribution in [3.63, 3.8) is 0 Å². The highest BCUT2D eigenvalue weighted by Crippen LogP contribution is 2.32. The first-order chi connectivity index (χ1) is 10.6. The number of aromatic nitrogens is 1. The second-order valence-corrected chi connectivity index (χ2v) is 7.97. The van der Waals surface area contributed by atoms with Crippen molar-refractivity contribution in [3.05, 3.63) is 35.5 Å². The van der Waals surface area contributed by atoms with Gasteiger partial charge in [-0.05, 0) is 17.9 Å². The summed E-state index contributed by atoms with van der Waals surface area (Å²) in [5.41, 5.74) is 3.24. The zero-order valence-electron chi connectivity index (χ0n) is 12.0. The predicted molar refractivity (Wildman–Crippen MR) is 97.5 cm³/mol. The van der Waals surface area contributed by atoms with Gasteiger partial charge in [-0.3, -0.25) is 0 Å². The van der Waals surface area contributed by atoms with Gasteiger partial charge in [-0.1, -0.05) is 42.2 Å². The van der Waals surface area contributed by atoms with Crippen molar-refractivity contribution >= 4 is 56.9 Å². The van der Waals surface area contributed by atoms with E-state index < -0.39 is 12.0 Å². The number of thiocarbonyl (C=S) groups is 1. The highest BCUT2D eigenvalue weighted by Gasteiger charge is 2.34. The van der Waals surface area contributed by atoms with Crippen molar-refractivity contribution in [2.75, 3.05) is 11.3 Å². The number of aliphatic carboxylic acids is 1. The van der Waals surface area contributed by atoms with Crippen LogP contribution < -0.4 is 0 Å². The number of carboxylic acids is 1. The monoisotopic (exact) mass is 352 g/mol. The molecule has 0 saturated carbocycles. The van der Waals surface area contributed by atoms with E-state index in [1.165, 1.54) is 11.8 Å². The number of thioether (sulfide) groups is 2. The molecule has 0 amide bonds. The van der Waals surface area contributed by atoms with E-state index in [-0.39, 0.29) is 0 Å². The number of para-hydroxylation sites is 1. The quantitative estimate of drug-likeness (QED) is 0.653. The SMILES string of the molecule is CSCSC(=S)N1Cc2[nH]c3ccccc3c2CC1C(=O)O. The maximum Gasteiger partial charge on any atom is 0.326 e. The van der Waals surface area contributed by atoms with Crippen LogP contribution in [0, 0.1) is 0 Å². The average Bonchev–Trinajstić information content (AvgIpc) is 2.88. The lowest BCUT2D eigenvalue weighted by Crippen LogP contribution is -2.47. The molecule has 2 aromatic rings. The summed E-state index contributed by atoms with van der Waals surface area (Å²) in [7, 11) is 0. The van der Waals surface area contributed by atoms with Crippen LogP contribution in [0.2, 0.25) is 0 Å². The Labute approximate surface area is 142 Å². The highest BCUT2D eigenvalue weighted by atomic mass is 32.2. The summed E-state index contributed by atoms with van der Waals surface area (Å²) >= 11 is 8.66. The molecule has 1 aromatic heterocycles. The van der Waals surface area contributed by atoms with Gasteiger partial charge in [0.15, 0.2) is 0 Å². The van der Waals surface area contributed by atoms with Crippen LogP contribution in [-0.2, 0) is 17.8 Å². The second kappa shape index (κ2) is 6.52. The molecule has 1 aromatic carbocycles. The fourth-order valence-corrected chi connectivity index (χ4v) is 4.67. The number of fused-ring (bicyclic) bond motifs is 3. The van der Waals surface area contributed by atoms with Crippen LogP contribution in [-0.4, -0.2) is 42.7 Å². The van der Waals surface area contributed by atoms with Gasteiger partial charge in [0.2, 0.25) is 0 Å². The molecule has 1 unspecified atom stereocenters. The maximum absolute atomic E-state index is 11.7. The Morgan fingerprint density at radius 1 is 1.50 bits per heavy atom. The van der Waals surface area contributed by atoms with E-state index in [0.717, 1.165) is 27.2 Å². The number of benzene rings is 1. The summed E-state index contributed by atoms with van der Waals surface area (Å²) < 4.78 is 0.658. The number of carboxylic acid groups (broad SMARTS) is 1. The molecule has 0 radical (unpaired) electrons. The van der Waals surface area contributed by atoms with Crippen LogP contribution in [0.4, 0.5) is 0 Å². The van der Waals surface area contributed by atoms with Crippen molar-refractivity contribution in [2.45, 2.75) is 19.0 Å². The molecule has 1 aliphatic heterocycles. The lowest BCUT2D eigenvalue weighted by Gasteiger charge is -2.34. The van der Waals surface area contributed by atoms with Crippen LogP contribution in [0.3, 0.4) is 0 Å². The molecule has 22 heavy (non-hydrogen) atoms. The zero-order chi connectivity index (χ0) is 15.7. The Morgan fingerprint density at radius 3 is 3.00 bits per heavy atom. The average molecular weight is 353 g/mol. The Kier molecular flexibility index (Phi) is 4.65. The predicted octanol–water partition coefficient (Wildman–Crippen LogP) is 3.32. The summed E-state index contributed by atoms with van der Waals surface area (Å²) in [6.45, 7) is 0.529. The normalized spacial score (nSPS) is 17.5. The molecule has 2 heterocycles. The van der Waals surface area contributed by atoms with E-state index in [1.807, 2.05) is 35.4 Å². The van der Waals surface area contributed by atoms with Crippen molar-refractivity contribution in [3.8, 4) is 0 Å². The van der Waals surface area contributed by atoms with E-state index in [4.69, 9.17) is 12.2 Å². The van der Waals surface area contributed by atoms with Gasteiger partial charge in [0.1, 0.15) is 10.4 Å². The van der Waals surface area contributed by atoms with E-state index >= 15 is 0 Å². The first-order valence-electron chi connectivity index (χ1n) is 6.85. The fraction of sp³-hybridized carbons (Fsp3) is 0.333. The number of hydrogen-bond acceptors (Lipinski definition) is 4. The van der Waals surface area contributed by atoms with Crippen LogP contribution in [0.25, 0.3) is 10.9 Å². The third-order valence-corrected chi connectivity index (χ3v) is 6.31. The van der Waals surface area contributed by atoms with Gasteiger partial charge >= 0.3 is 5.97 Å². The minimum atomic E-state index is -0.817. The number of hydrogen-bond donors (Lipinski definition) is 2. The molecule has 7 heteroatoms. The van der Waals surface area contributed by atoms with Crippen molar-refractivity contribution in [1.82, 2.24) is 9.88 Å². The Morgan fingerprint density at radius 2 is 2.27 bits per heavy atom. The molecule has 2 N–H and O–H groups in total. The number of carbonyl (C=O) groups is 1. The lowest BCUT2D eigenvalue weighted by atomic mass is 9.97. The Hall–Kier alpha value is -1.18. The molecule has 1 atom stereocenters. The van der Waals surface area contributed by atoms with Gasteiger partial charge in [0.25, 0.3) is 0 Å². The summed E-state index contributed by atoms with van der Waals surface area (Å²) in [5, 5.41) is 11.5. The molecular weight excluding hydrogens is 336 g/mol. The molecule has 0 spiro atoms. The van der Waals surface area contributed by atoms with E-state index in [2.05, 4.69) is 4.98 Å². The molecular formula is C15H16N2O2S3. The molecule has 0 bridgehead atoms. The molecule has 0 saturated heterocycles. The summed E-state index contributed by atoms with van der Waals surface area (Å²) in [5.74, 6) is -0.817. The van der Waals surface area contributed by atoms with Crippen LogP contribution in [0.15, 0.2) is 24.3 Å². The van der Waals surface area contributed by atoms with Gasteiger partial charge in [-0.25, -0.2) is 4.79 Å². The van der Waals surface area contributed by atoms with Crippen LogP contribution >= 0.6 is 35.7 Å². The maximum atomic E-state index is 11.7. The van der Waals surface area contributed by atoms with E-state index in [9.17, 15) is 9.90 Å². The third kappa shape index (κ3) is 2.85. The first kappa shape index (κ1) is 15.7. The number of nitrogens with one attached hydrogen (secondary N) is 1. The van der Waals surface area contributed by atoms with Crippen molar-refractivity contribution in [2.24, 2.45) is 0 Å². The minimum absolute atomic E-state index is 0.481. The highest BCUT2D eigenvalue weighted by molar-refractivity contribution is 8.29. The Bertz CT molecular complexity index is 729. The van der Waals surface area contributed by atoms with Gasteiger partial charge in [0.05, 0.1) is 6.54 Å². The lowest BCUT2D eigenvalue weighted by molar-refractivity contribution is -0.142. The number of rotatable bonds is 3. The van der Waals surface area contributed by atoms with E-state index in [0.29, 0.717) is 17.3 Å². The summed E-state index contributed by atoms with van der Waals surface area (Å²) in [4.78, 5) is 16.9. The number of nitrogens with zero attached hydrogens (tertiary/aromatic N) is 1. The Balaban J connectivity index is 1.96. The van der Waals surface area contributed by atoms with Gasteiger partial charge in [0, 0.05) is 28.1 Å². The summed E-state index contributed by atoms with van der Waals surface area (Å²) in [6.07, 6.45) is 2.49. The first-order valence-corrected chi connectivity index (χ1v) is 9.64. The molecule has 0 fully saturated rings. The van der Waals surface area contributed by atoms with Gasteiger partial charge in [-0.2, -0.15) is 11.8 Å². The molecule has 116 valence electrons. The number of aromatic amines is 1. The minimum Gasteiger partial charge on any atom is -0.480 e. The second-order valence-electron chi connectivity index (χ2n) is 5.13. The molecule has 4 nitrogen and oxygen atoms in total. The number of H-pyrrole nitrogens is 1. The smallest absolute Gasteiger partial charge is 0.326 e. The van der Waals surface area contributed by atoms with Crippen LogP contribution in [0.5, 0.6) is 0 Å². The van der Waals surface area contributed by atoms with Gasteiger partial charge in [-0.15, -0.1) is 0 Å². The fourth-order valence-electron chi connectivity index (χ4n) is 2.81. The molecule has 3 rings (SSSR count). The topological polar surface area (TPSA) is 56.3 Å². The summed E-state index contributed by atoms with van der Waals surface area (Å²) in [6, 6.07) is 7.44. The van der Waals surface area contributed by atoms with Crippen molar-refractivity contribution < 1.29 is 9.90 Å². The van der Waals surface area contributed by atoms with Crippen molar-refractivity contribution in [1.29, 1.82) is 0 Å². The standard InChI is InChI=1S/C15H16N2O2S3/c1-21-8-22-15(20)17-7-12-10(6-13(17)14(18)19)9-4-2-3-5-11(9)16-12/h2-5,13,16H,6-8H2,1H3,(H,18,19). The molecule has 1 aliphatic rings. The van der Waals surface area contributed by atoms with E-state index in [1.54, 1.807) is 11.8 Å². The van der Waals surface area contributed by atoms with Gasteiger partial charge < -0.3 is 15.0 Å². The zero-order valence-corrected chi connectivity index (χ0v) is 14.5. The molecule has 0 aliphatic carbocycles. The third-order valence-electron chi connectivity index (χ3n) is 3.82. The largest absolute Gasteiger partial charge is 0.480 e.